The van der Waals surface area contributed by atoms with Gasteiger partial charge < -0.3 is 14.8 Å². The van der Waals surface area contributed by atoms with E-state index >= 15 is 0 Å². The van der Waals surface area contributed by atoms with Crippen LogP contribution in [0, 0.1) is 13.8 Å². The van der Waals surface area contributed by atoms with Crippen molar-refractivity contribution >= 4 is 16.9 Å². The number of aryl methyl sites for hydroxylation is 2. The van der Waals surface area contributed by atoms with Crippen LogP contribution in [0.3, 0.4) is 0 Å². The van der Waals surface area contributed by atoms with Gasteiger partial charge in [0, 0.05) is 18.0 Å². The zero-order valence-electron chi connectivity index (χ0n) is 18.6. The summed E-state index contributed by atoms with van der Waals surface area (Å²) in [5.74, 6) is 0.950. The molecule has 0 radical (unpaired) electrons. The second-order valence-electron chi connectivity index (χ2n) is 7.63. The maximum Gasteiger partial charge on any atom is 0.261 e. The van der Waals surface area contributed by atoms with E-state index in [2.05, 4.69) is 15.4 Å². The molecule has 164 valence electrons. The van der Waals surface area contributed by atoms with Crippen LogP contribution in [-0.4, -0.2) is 33.9 Å². The summed E-state index contributed by atoms with van der Waals surface area (Å²) in [7, 11) is 1.62. The third-order valence-corrected chi connectivity index (χ3v) is 5.28. The number of fused-ring (bicyclic) bond motifs is 1. The zero-order chi connectivity index (χ0) is 22.7. The van der Waals surface area contributed by atoms with Crippen molar-refractivity contribution in [3.05, 3.63) is 77.5 Å². The van der Waals surface area contributed by atoms with E-state index in [-0.39, 0.29) is 5.91 Å². The third kappa shape index (κ3) is 4.42. The summed E-state index contributed by atoms with van der Waals surface area (Å²) < 4.78 is 12.9. The second kappa shape index (κ2) is 9.09. The summed E-state index contributed by atoms with van der Waals surface area (Å²) >= 11 is 0. The highest BCUT2D eigenvalue weighted by Gasteiger charge is 2.19. The van der Waals surface area contributed by atoms with Crippen LogP contribution in [-0.2, 0) is 11.3 Å². The molecule has 0 bridgehead atoms. The van der Waals surface area contributed by atoms with Crippen molar-refractivity contribution in [1.29, 1.82) is 0 Å². The van der Waals surface area contributed by atoms with E-state index in [0.717, 1.165) is 33.6 Å². The first-order chi connectivity index (χ1) is 15.5. The lowest BCUT2D eigenvalue weighted by atomic mass is 10.1. The minimum absolute atomic E-state index is 0.215. The van der Waals surface area contributed by atoms with Crippen LogP contribution in [0.4, 0.5) is 0 Å². The molecule has 32 heavy (non-hydrogen) atoms. The number of carbonyl (C=O) groups is 1. The molecule has 0 aliphatic rings. The molecule has 0 aliphatic heterocycles. The summed E-state index contributed by atoms with van der Waals surface area (Å²) in [5, 5.41) is 8.55. The molecule has 7 heteroatoms. The van der Waals surface area contributed by atoms with E-state index in [9.17, 15) is 4.79 Å². The second-order valence-corrected chi connectivity index (χ2v) is 7.63. The number of benzene rings is 2. The molecular weight excluding hydrogens is 404 g/mol. The van der Waals surface area contributed by atoms with Gasteiger partial charge in [-0.15, -0.1) is 0 Å². The maximum absolute atomic E-state index is 12.6. The first-order valence-electron chi connectivity index (χ1n) is 10.5. The van der Waals surface area contributed by atoms with Gasteiger partial charge in [-0.3, -0.25) is 4.79 Å². The topological polar surface area (TPSA) is 78.3 Å². The minimum atomic E-state index is -0.702. The summed E-state index contributed by atoms with van der Waals surface area (Å²) in [5.41, 5.74) is 4.49. The van der Waals surface area contributed by atoms with Gasteiger partial charge in [0.25, 0.3) is 5.91 Å². The van der Waals surface area contributed by atoms with Gasteiger partial charge >= 0.3 is 0 Å². The van der Waals surface area contributed by atoms with Crippen LogP contribution in [0.25, 0.3) is 16.7 Å². The lowest BCUT2D eigenvalue weighted by Crippen LogP contribution is -2.36. The monoisotopic (exact) mass is 430 g/mol. The lowest BCUT2D eigenvalue weighted by molar-refractivity contribution is -0.127. The Morgan fingerprint density at radius 3 is 2.50 bits per heavy atom. The number of aromatic nitrogens is 3. The van der Waals surface area contributed by atoms with Gasteiger partial charge in [0.15, 0.2) is 11.8 Å². The molecule has 2 heterocycles. The highest BCUT2D eigenvalue weighted by Crippen LogP contribution is 2.27. The van der Waals surface area contributed by atoms with Crippen molar-refractivity contribution in [3.8, 4) is 17.3 Å². The molecular formula is C25H26N4O3. The van der Waals surface area contributed by atoms with Crippen molar-refractivity contribution in [3.63, 3.8) is 0 Å². The fraction of sp³-hybridized carbons (Fsp3) is 0.240. The van der Waals surface area contributed by atoms with E-state index in [1.165, 1.54) is 0 Å². The molecule has 0 saturated heterocycles. The number of nitrogens with one attached hydrogen (secondary N) is 1. The Morgan fingerprint density at radius 1 is 1.09 bits per heavy atom. The normalized spacial score (nSPS) is 11.9. The van der Waals surface area contributed by atoms with Gasteiger partial charge in [0.1, 0.15) is 5.75 Å². The summed E-state index contributed by atoms with van der Waals surface area (Å²) in [6.45, 7) is 6.08. The molecule has 4 aromatic rings. The molecule has 1 N–H and O–H groups in total. The van der Waals surface area contributed by atoms with Crippen LogP contribution in [0.2, 0.25) is 0 Å². The number of hydrogen-bond donors (Lipinski definition) is 1. The molecule has 4 rings (SSSR count). The lowest BCUT2D eigenvalue weighted by Gasteiger charge is -2.15. The van der Waals surface area contributed by atoms with Gasteiger partial charge in [-0.25, -0.2) is 4.68 Å². The summed E-state index contributed by atoms with van der Waals surface area (Å²) in [6, 6.07) is 19.2. The van der Waals surface area contributed by atoms with Gasteiger partial charge in [0.05, 0.1) is 18.5 Å². The highest BCUT2D eigenvalue weighted by atomic mass is 16.5. The van der Waals surface area contributed by atoms with Gasteiger partial charge in [-0.05, 0) is 56.2 Å². The number of ether oxygens (including phenoxy) is 2. The third-order valence-electron chi connectivity index (χ3n) is 5.28. The quantitative estimate of drug-likeness (QED) is 0.477. The molecule has 0 aliphatic carbocycles. The fourth-order valence-corrected chi connectivity index (χ4v) is 3.59. The number of methoxy groups -OCH3 is 1. The number of amides is 1. The Morgan fingerprint density at radius 2 is 1.81 bits per heavy atom. The van der Waals surface area contributed by atoms with Gasteiger partial charge in [-0.1, -0.05) is 30.3 Å². The van der Waals surface area contributed by atoms with Gasteiger partial charge in [0.2, 0.25) is 5.88 Å². The smallest absolute Gasteiger partial charge is 0.261 e. The largest absolute Gasteiger partial charge is 0.497 e. The Balaban J connectivity index is 1.51. The fourth-order valence-electron chi connectivity index (χ4n) is 3.59. The maximum atomic E-state index is 12.6. The molecule has 2 aromatic carbocycles. The van der Waals surface area contributed by atoms with E-state index in [1.54, 1.807) is 18.7 Å². The molecule has 1 atom stereocenters. The average molecular weight is 431 g/mol. The van der Waals surface area contributed by atoms with E-state index in [4.69, 9.17) is 9.47 Å². The Labute approximate surface area is 187 Å². The average Bonchev–Trinajstić information content (AvgIpc) is 3.15. The van der Waals surface area contributed by atoms with Crippen molar-refractivity contribution in [2.45, 2.75) is 33.4 Å². The number of nitrogens with zero attached hydrogens (tertiary/aromatic N) is 3. The van der Waals surface area contributed by atoms with Crippen molar-refractivity contribution in [2.24, 2.45) is 0 Å². The highest BCUT2D eigenvalue weighted by molar-refractivity contribution is 5.84. The predicted octanol–water partition coefficient (Wildman–Crippen LogP) is 4.13. The number of hydrogen-bond acceptors (Lipinski definition) is 5. The van der Waals surface area contributed by atoms with E-state index < -0.39 is 6.10 Å². The van der Waals surface area contributed by atoms with E-state index in [0.29, 0.717) is 18.1 Å². The van der Waals surface area contributed by atoms with Gasteiger partial charge in [-0.2, -0.15) is 10.1 Å². The SMILES string of the molecule is COc1ccc(CNC(=O)C(C)Oc2cc(C)c3c(C)nn(-c4ccccc4)c3n2)cc1. The minimum Gasteiger partial charge on any atom is -0.497 e. The van der Waals surface area contributed by atoms with Crippen LogP contribution < -0.4 is 14.8 Å². The van der Waals surface area contributed by atoms with Crippen LogP contribution in [0.5, 0.6) is 11.6 Å². The molecule has 2 aromatic heterocycles. The van der Waals surface area contributed by atoms with Crippen molar-refractivity contribution in [2.75, 3.05) is 7.11 Å². The van der Waals surface area contributed by atoms with Crippen molar-refractivity contribution < 1.29 is 14.3 Å². The Hall–Kier alpha value is -3.87. The molecule has 1 unspecified atom stereocenters. The molecule has 0 spiro atoms. The summed E-state index contributed by atoms with van der Waals surface area (Å²) in [6.07, 6.45) is -0.702. The molecule has 1 amide bonds. The number of carbonyl (C=O) groups excluding carboxylic acids is 1. The molecule has 0 fully saturated rings. The first kappa shape index (κ1) is 21.4. The number of pyridine rings is 1. The standard InChI is InChI=1S/C25H26N4O3/c1-16-14-22(27-24-23(16)17(2)28-29(24)20-8-6-5-7-9-20)32-18(3)25(30)26-15-19-10-12-21(31-4)13-11-19/h5-14,18H,15H2,1-4H3,(H,26,30). The van der Waals surface area contributed by atoms with Crippen LogP contribution in [0.15, 0.2) is 60.7 Å². The van der Waals surface area contributed by atoms with Crippen LogP contribution >= 0.6 is 0 Å². The number of rotatable bonds is 7. The Kier molecular flexibility index (Phi) is 6.07. The predicted molar refractivity (Wildman–Crippen MR) is 123 cm³/mol. The molecule has 7 nitrogen and oxygen atoms in total. The zero-order valence-corrected chi connectivity index (χ0v) is 18.6. The van der Waals surface area contributed by atoms with Crippen molar-refractivity contribution in [1.82, 2.24) is 20.1 Å². The number of para-hydroxylation sites is 1. The van der Waals surface area contributed by atoms with Crippen LogP contribution in [0.1, 0.15) is 23.7 Å². The first-order valence-corrected chi connectivity index (χ1v) is 10.5. The summed E-state index contributed by atoms with van der Waals surface area (Å²) in [4.78, 5) is 17.3. The van der Waals surface area contributed by atoms with E-state index in [1.807, 2.05) is 74.5 Å². The molecule has 0 saturated carbocycles. The Bertz CT molecular complexity index is 1230.